The SMILES string of the molecule is C=CC1(Oc2ccc([S+](c3ccccc3)c3ccccc3)cc2F)CC2OC1C1CCCC21. The smallest absolute Gasteiger partial charge is 0.170 e. The van der Waals surface area contributed by atoms with Crippen molar-refractivity contribution in [1.82, 2.24) is 0 Å². The van der Waals surface area contributed by atoms with E-state index in [4.69, 9.17) is 9.47 Å². The number of ether oxygens (including phenoxy) is 2. The Kier molecular flexibility index (Phi) is 5.31. The van der Waals surface area contributed by atoms with Crippen molar-refractivity contribution in [3.8, 4) is 5.75 Å². The summed E-state index contributed by atoms with van der Waals surface area (Å²) in [6.45, 7) is 4.07. The zero-order valence-electron chi connectivity index (χ0n) is 18.5. The van der Waals surface area contributed by atoms with Crippen molar-refractivity contribution in [2.45, 2.75) is 58.2 Å². The van der Waals surface area contributed by atoms with Crippen LogP contribution in [0.5, 0.6) is 5.75 Å². The first kappa shape index (κ1) is 21.0. The van der Waals surface area contributed by atoms with Gasteiger partial charge in [0, 0.05) is 12.5 Å². The Bertz CT molecular complexity index is 1110. The minimum absolute atomic E-state index is 0.0187. The molecular weight excluding hydrogens is 431 g/mol. The number of rotatable bonds is 6. The van der Waals surface area contributed by atoms with Gasteiger partial charge in [0.25, 0.3) is 0 Å². The second-order valence-corrected chi connectivity index (χ2v) is 11.4. The summed E-state index contributed by atoms with van der Waals surface area (Å²) in [6, 6.07) is 26.0. The molecule has 2 nitrogen and oxygen atoms in total. The van der Waals surface area contributed by atoms with Crippen LogP contribution in [-0.2, 0) is 15.6 Å². The number of halogens is 1. The highest BCUT2D eigenvalue weighted by molar-refractivity contribution is 7.97. The molecule has 5 unspecified atom stereocenters. The fraction of sp³-hybridized carbons (Fsp3) is 0.310. The Labute approximate surface area is 197 Å². The molecule has 6 rings (SSSR count). The number of fused-ring (bicyclic) bond motifs is 5. The Morgan fingerprint density at radius 1 is 0.909 bits per heavy atom. The third-order valence-electron chi connectivity index (χ3n) is 7.56. The molecule has 1 saturated carbocycles. The summed E-state index contributed by atoms with van der Waals surface area (Å²) in [6.07, 6.45) is 6.48. The summed E-state index contributed by atoms with van der Waals surface area (Å²) in [5.41, 5.74) is -0.640. The topological polar surface area (TPSA) is 18.5 Å². The van der Waals surface area contributed by atoms with E-state index in [1.165, 1.54) is 19.3 Å². The largest absolute Gasteiger partial charge is 0.477 e. The molecule has 2 aliphatic heterocycles. The maximum atomic E-state index is 15.5. The van der Waals surface area contributed by atoms with Gasteiger partial charge in [0.15, 0.2) is 31.9 Å². The molecule has 1 aliphatic carbocycles. The van der Waals surface area contributed by atoms with Gasteiger partial charge < -0.3 is 9.47 Å². The van der Waals surface area contributed by atoms with E-state index in [0.717, 1.165) is 21.1 Å². The van der Waals surface area contributed by atoms with Gasteiger partial charge in [-0.15, -0.1) is 0 Å². The van der Waals surface area contributed by atoms with Gasteiger partial charge in [-0.1, -0.05) is 49.4 Å². The molecule has 0 spiro atoms. The van der Waals surface area contributed by atoms with E-state index < -0.39 is 16.5 Å². The summed E-state index contributed by atoms with van der Waals surface area (Å²) < 4.78 is 28.3. The van der Waals surface area contributed by atoms with Gasteiger partial charge in [-0.05, 0) is 67.2 Å². The van der Waals surface area contributed by atoms with E-state index in [1.54, 1.807) is 12.1 Å². The van der Waals surface area contributed by atoms with Gasteiger partial charge in [0.1, 0.15) is 6.10 Å². The first-order valence-electron chi connectivity index (χ1n) is 11.8. The molecule has 5 atom stereocenters. The van der Waals surface area contributed by atoms with Crippen LogP contribution in [0.3, 0.4) is 0 Å². The zero-order valence-corrected chi connectivity index (χ0v) is 19.3. The highest BCUT2D eigenvalue weighted by Crippen LogP contribution is 2.57. The molecule has 2 bridgehead atoms. The van der Waals surface area contributed by atoms with Crippen molar-refractivity contribution in [3.05, 3.63) is 97.3 Å². The van der Waals surface area contributed by atoms with Crippen molar-refractivity contribution in [1.29, 1.82) is 0 Å². The molecule has 33 heavy (non-hydrogen) atoms. The van der Waals surface area contributed by atoms with Gasteiger partial charge in [-0.3, -0.25) is 0 Å². The van der Waals surface area contributed by atoms with Crippen LogP contribution in [-0.4, -0.2) is 17.8 Å². The number of hydrogen-bond donors (Lipinski definition) is 0. The maximum absolute atomic E-state index is 15.5. The summed E-state index contributed by atoms with van der Waals surface area (Å²) in [4.78, 5) is 3.26. The fourth-order valence-electron chi connectivity index (χ4n) is 6.11. The summed E-state index contributed by atoms with van der Waals surface area (Å²) >= 11 is 0. The molecule has 3 aliphatic rings. The lowest BCUT2D eigenvalue weighted by atomic mass is 9.73. The van der Waals surface area contributed by atoms with Crippen LogP contribution in [0, 0.1) is 17.7 Å². The molecule has 0 amide bonds. The normalized spacial score (nSPS) is 29.9. The van der Waals surface area contributed by atoms with Gasteiger partial charge >= 0.3 is 0 Å². The minimum atomic E-state index is -0.640. The third-order valence-corrected chi connectivity index (χ3v) is 9.77. The number of hydrogen-bond acceptors (Lipinski definition) is 2. The lowest BCUT2D eigenvalue weighted by molar-refractivity contribution is -0.00115. The first-order valence-corrected chi connectivity index (χ1v) is 13.0. The second-order valence-electron chi connectivity index (χ2n) is 9.34. The zero-order chi connectivity index (χ0) is 22.4. The van der Waals surface area contributed by atoms with Crippen LogP contribution >= 0.6 is 0 Å². The van der Waals surface area contributed by atoms with Crippen molar-refractivity contribution in [3.63, 3.8) is 0 Å². The van der Waals surface area contributed by atoms with E-state index in [9.17, 15) is 0 Å². The van der Waals surface area contributed by atoms with Crippen LogP contribution in [0.1, 0.15) is 25.7 Å². The standard InChI is InChI=1S/C29H28FO2S/c1-2-29(19-27-23-14-9-15-24(23)28(29)31-27)32-26-17-16-22(18-25(26)30)33(20-10-5-3-6-11-20)21-12-7-4-8-13-21/h2-8,10-13,16-18,23-24,27-28H,1,9,14-15,19H2/q+1. The maximum Gasteiger partial charge on any atom is 0.170 e. The van der Waals surface area contributed by atoms with E-state index in [2.05, 4.69) is 30.8 Å². The van der Waals surface area contributed by atoms with Crippen molar-refractivity contribution in [2.24, 2.45) is 11.8 Å². The summed E-state index contributed by atoms with van der Waals surface area (Å²) in [7, 11) is -0.395. The van der Waals surface area contributed by atoms with Crippen LogP contribution in [0.2, 0.25) is 0 Å². The lowest BCUT2D eigenvalue weighted by Crippen LogP contribution is -2.49. The molecule has 0 N–H and O–H groups in total. The predicted octanol–water partition coefficient (Wildman–Crippen LogP) is 6.81. The van der Waals surface area contributed by atoms with E-state index in [-0.39, 0.29) is 23.8 Å². The Hall–Kier alpha value is -2.56. The van der Waals surface area contributed by atoms with E-state index >= 15 is 4.39 Å². The Balaban J connectivity index is 1.32. The van der Waals surface area contributed by atoms with Crippen molar-refractivity contribution in [2.75, 3.05) is 0 Å². The molecule has 0 radical (unpaired) electrons. The van der Waals surface area contributed by atoms with Gasteiger partial charge in [-0.2, -0.15) is 0 Å². The highest BCUT2D eigenvalue weighted by Gasteiger charge is 2.63. The molecular formula is C29H28FO2S+. The molecule has 3 aromatic rings. The monoisotopic (exact) mass is 459 g/mol. The van der Waals surface area contributed by atoms with Crippen molar-refractivity contribution >= 4 is 10.9 Å². The molecule has 2 saturated heterocycles. The van der Waals surface area contributed by atoms with Gasteiger partial charge in [0.05, 0.1) is 17.0 Å². The summed E-state index contributed by atoms with van der Waals surface area (Å²) in [5, 5.41) is 0. The predicted molar refractivity (Wildman–Crippen MR) is 129 cm³/mol. The third kappa shape index (κ3) is 3.51. The van der Waals surface area contributed by atoms with E-state index in [1.807, 2.05) is 48.5 Å². The van der Waals surface area contributed by atoms with Crippen LogP contribution in [0.25, 0.3) is 0 Å². The number of benzene rings is 3. The molecule has 2 heterocycles. The van der Waals surface area contributed by atoms with Crippen LogP contribution < -0.4 is 4.74 Å². The van der Waals surface area contributed by atoms with E-state index in [0.29, 0.717) is 11.8 Å². The van der Waals surface area contributed by atoms with Crippen LogP contribution in [0.15, 0.2) is 106 Å². The second kappa shape index (κ2) is 8.34. The summed E-state index contributed by atoms with van der Waals surface area (Å²) in [5.74, 6) is 1.10. The highest BCUT2D eigenvalue weighted by atomic mass is 32.2. The first-order chi connectivity index (χ1) is 16.2. The molecule has 4 heteroatoms. The molecule has 3 fully saturated rings. The van der Waals surface area contributed by atoms with Crippen LogP contribution in [0.4, 0.5) is 4.39 Å². The average molecular weight is 460 g/mol. The van der Waals surface area contributed by atoms with Gasteiger partial charge in [0.2, 0.25) is 0 Å². The molecule has 168 valence electrons. The average Bonchev–Trinajstić information content (AvgIpc) is 3.56. The molecule has 0 aromatic heterocycles. The Morgan fingerprint density at radius 2 is 1.58 bits per heavy atom. The molecule has 3 aromatic carbocycles. The van der Waals surface area contributed by atoms with Crippen molar-refractivity contribution < 1.29 is 13.9 Å². The Morgan fingerprint density at radius 3 is 2.21 bits per heavy atom. The minimum Gasteiger partial charge on any atom is -0.477 e. The quantitative estimate of drug-likeness (QED) is 0.298. The lowest BCUT2D eigenvalue weighted by Gasteiger charge is -2.38. The fourth-order valence-corrected chi connectivity index (χ4v) is 8.21. The van der Waals surface area contributed by atoms with Gasteiger partial charge in [-0.25, -0.2) is 4.39 Å².